The summed E-state index contributed by atoms with van der Waals surface area (Å²) in [6, 6.07) is 5.09. The summed E-state index contributed by atoms with van der Waals surface area (Å²) in [7, 11) is 2.13. The summed E-state index contributed by atoms with van der Waals surface area (Å²) < 4.78 is 0. The molecule has 1 fully saturated rings. The van der Waals surface area contributed by atoms with E-state index in [1.165, 1.54) is 37.7 Å². The minimum atomic E-state index is 0.765. The third-order valence-electron chi connectivity index (χ3n) is 3.47. The minimum Gasteiger partial charge on any atom is -0.360 e. The lowest BCUT2D eigenvalue weighted by Gasteiger charge is -2.18. The standard InChI is InChI=1S/C15H25N3/c1-3-4-5-10-18(2)15-9-6-13(12-17-15)11-16-14-7-8-14/h6,9,12,14,16H,3-5,7-8,10-11H2,1-2H3. The van der Waals surface area contributed by atoms with E-state index in [0.29, 0.717) is 0 Å². The number of rotatable bonds is 8. The van der Waals surface area contributed by atoms with Crippen LogP contribution in [-0.2, 0) is 6.54 Å². The molecule has 18 heavy (non-hydrogen) atoms. The van der Waals surface area contributed by atoms with Crippen molar-refractivity contribution in [3.05, 3.63) is 23.9 Å². The predicted octanol–water partition coefficient (Wildman–Crippen LogP) is 2.96. The molecule has 0 saturated heterocycles. The maximum absolute atomic E-state index is 4.54. The second-order valence-corrected chi connectivity index (χ2v) is 5.31. The second-order valence-electron chi connectivity index (χ2n) is 5.31. The summed E-state index contributed by atoms with van der Waals surface area (Å²) in [5.41, 5.74) is 1.28. The van der Waals surface area contributed by atoms with Gasteiger partial charge in [-0.15, -0.1) is 0 Å². The SMILES string of the molecule is CCCCCN(C)c1ccc(CNC2CC2)cn1. The average molecular weight is 247 g/mol. The number of hydrogen-bond donors (Lipinski definition) is 1. The molecule has 2 rings (SSSR count). The molecule has 1 N–H and O–H groups in total. The van der Waals surface area contributed by atoms with Crippen LogP contribution in [0.4, 0.5) is 5.82 Å². The second kappa shape index (κ2) is 6.74. The summed E-state index contributed by atoms with van der Waals surface area (Å²) in [6.45, 7) is 4.29. The molecule has 0 spiro atoms. The molecule has 1 heterocycles. The zero-order valence-corrected chi connectivity index (χ0v) is 11.7. The van der Waals surface area contributed by atoms with E-state index in [9.17, 15) is 0 Å². The molecule has 3 heteroatoms. The van der Waals surface area contributed by atoms with Crippen LogP contribution in [0, 0.1) is 0 Å². The van der Waals surface area contributed by atoms with E-state index < -0.39 is 0 Å². The molecule has 0 amide bonds. The number of hydrogen-bond acceptors (Lipinski definition) is 3. The van der Waals surface area contributed by atoms with Gasteiger partial charge in [-0.2, -0.15) is 0 Å². The molecular weight excluding hydrogens is 222 g/mol. The summed E-state index contributed by atoms with van der Waals surface area (Å²) in [4.78, 5) is 6.79. The first-order valence-corrected chi connectivity index (χ1v) is 7.19. The van der Waals surface area contributed by atoms with E-state index in [1.807, 2.05) is 6.20 Å². The molecule has 1 saturated carbocycles. The van der Waals surface area contributed by atoms with Gasteiger partial charge in [0, 0.05) is 32.4 Å². The van der Waals surface area contributed by atoms with Crippen molar-refractivity contribution in [2.75, 3.05) is 18.5 Å². The van der Waals surface area contributed by atoms with E-state index in [2.05, 4.69) is 41.3 Å². The first kappa shape index (κ1) is 13.3. The van der Waals surface area contributed by atoms with Gasteiger partial charge < -0.3 is 10.2 Å². The van der Waals surface area contributed by atoms with Crippen molar-refractivity contribution in [3.63, 3.8) is 0 Å². The van der Waals surface area contributed by atoms with Crippen molar-refractivity contribution in [2.24, 2.45) is 0 Å². The molecule has 0 aromatic carbocycles. The van der Waals surface area contributed by atoms with Crippen molar-refractivity contribution >= 4 is 5.82 Å². The Balaban J connectivity index is 1.77. The number of aromatic nitrogens is 1. The van der Waals surface area contributed by atoms with Gasteiger partial charge in [0.1, 0.15) is 5.82 Å². The van der Waals surface area contributed by atoms with Crippen molar-refractivity contribution in [2.45, 2.75) is 51.6 Å². The molecular formula is C15H25N3. The van der Waals surface area contributed by atoms with Crippen molar-refractivity contribution < 1.29 is 0 Å². The van der Waals surface area contributed by atoms with Gasteiger partial charge >= 0.3 is 0 Å². The van der Waals surface area contributed by atoms with Crippen molar-refractivity contribution in [1.29, 1.82) is 0 Å². The molecule has 3 nitrogen and oxygen atoms in total. The molecule has 100 valence electrons. The van der Waals surface area contributed by atoms with Crippen LogP contribution in [0.2, 0.25) is 0 Å². The smallest absolute Gasteiger partial charge is 0.128 e. The fourth-order valence-electron chi connectivity index (χ4n) is 2.01. The highest BCUT2D eigenvalue weighted by Gasteiger charge is 2.19. The predicted molar refractivity (Wildman–Crippen MR) is 76.9 cm³/mol. The maximum Gasteiger partial charge on any atom is 0.128 e. The third kappa shape index (κ3) is 4.30. The fraction of sp³-hybridized carbons (Fsp3) is 0.667. The van der Waals surface area contributed by atoms with Crippen LogP contribution in [0.1, 0.15) is 44.6 Å². The molecule has 1 aromatic rings. The lowest BCUT2D eigenvalue weighted by atomic mass is 10.2. The molecule has 0 atom stereocenters. The Morgan fingerprint density at radius 1 is 1.33 bits per heavy atom. The number of pyridine rings is 1. The van der Waals surface area contributed by atoms with E-state index in [4.69, 9.17) is 0 Å². The Bertz CT molecular complexity index is 343. The van der Waals surface area contributed by atoms with Crippen LogP contribution in [0.25, 0.3) is 0 Å². The highest BCUT2D eigenvalue weighted by molar-refractivity contribution is 5.38. The highest BCUT2D eigenvalue weighted by Crippen LogP contribution is 2.19. The van der Waals surface area contributed by atoms with Crippen LogP contribution in [0.5, 0.6) is 0 Å². The Kier molecular flexibility index (Phi) is 5.00. The molecule has 0 radical (unpaired) electrons. The lowest BCUT2D eigenvalue weighted by Crippen LogP contribution is -2.20. The van der Waals surface area contributed by atoms with Crippen LogP contribution in [0.15, 0.2) is 18.3 Å². The lowest BCUT2D eigenvalue weighted by molar-refractivity contribution is 0.683. The van der Waals surface area contributed by atoms with Crippen molar-refractivity contribution in [3.8, 4) is 0 Å². The topological polar surface area (TPSA) is 28.2 Å². The fourth-order valence-corrected chi connectivity index (χ4v) is 2.01. The molecule has 1 aromatic heterocycles. The number of unbranched alkanes of at least 4 members (excludes halogenated alkanes) is 2. The van der Waals surface area contributed by atoms with Gasteiger partial charge in [0.15, 0.2) is 0 Å². The van der Waals surface area contributed by atoms with Gasteiger partial charge in [-0.05, 0) is 30.9 Å². The summed E-state index contributed by atoms with van der Waals surface area (Å²) in [6.07, 6.45) is 8.50. The highest BCUT2D eigenvalue weighted by atomic mass is 15.2. The van der Waals surface area contributed by atoms with E-state index >= 15 is 0 Å². The number of nitrogens with zero attached hydrogens (tertiary/aromatic N) is 2. The van der Waals surface area contributed by atoms with Crippen LogP contribution < -0.4 is 10.2 Å². The summed E-state index contributed by atoms with van der Waals surface area (Å²) >= 11 is 0. The largest absolute Gasteiger partial charge is 0.360 e. The first-order valence-electron chi connectivity index (χ1n) is 7.19. The molecule has 1 aliphatic rings. The van der Waals surface area contributed by atoms with E-state index in [0.717, 1.165) is 24.9 Å². The quantitative estimate of drug-likeness (QED) is 0.716. The van der Waals surface area contributed by atoms with Gasteiger partial charge in [0.25, 0.3) is 0 Å². The Hall–Kier alpha value is -1.09. The summed E-state index contributed by atoms with van der Waals surface area (Å²) in [5, 5.41) is 3.51. The zero-order valence-electron chi connectivity index (χ0n) is 11.7. The Labute approximate surface area is 111 Å². The summed E-state index contributed by atoms with van der Waals surface area (Å²) in [5.74, 6) is 1.08. The van der Waals surface area contributed by atoms with E-state index in [-0.39, 0.29) is 0 Å². The first-order chi connectivity index (χ1) is 8.79. The Morgan fingerprint density at radius 2 is 2.17 bits per heavy atom. The monoisotopic (exact) mass is 247 g/mol. The van der Waals surface area contributed by atoms with Gasteiger partial charge in [-0.1, -0.05) is 25.8 Å². The van der Waals surface area contributed by atoms with E-state index in [1.54, 1.807) is 0 Å². The molecule has 0 unspecified atom stereocenters. The van der Waals surface area contributed by atoms with Gasteiger partial charge in [0.05, 0.1) is 0 Å². The normalized spacial score (nSPS) is 14.8. The number of nitrogens with one attached hydrogen (secondary N) is 1. The average Bonchev–Trinajstić information content (AvgIpc) is 3.21. The Morgan fingerprint density at radius 3 is 2.78 bits per heavy atom. The van der Waals surface area contributed by atoms with Gasteiger partial charge in [-0.25, -0.2) is 4.98 Å². The molecule has 0 aliphatic heterocycles. The van der Waals surface area contributed by atoms with Crippen LogP contribution >= 0.6 is 0 Å². The third-order valence-corrected chi connectivity index (χ3v) is 3.47. The van der Waals surface area contributed by atoms with Crippen LogP contribution in [-0.4, -0.2) is 24.6 Å². The minimum absolute atomic E-state index is 0.765. The zero-order chi connectivity index (χ0) is 12.8. The molecule has 0 bridgehead atoms. The number of anilines is 1. The molecule has 1 aliphatic carbocycles. The van der Waals surface area contributed by atoms with Gasteiger partial charge in [0.2, 0.25) is 0 Å². The van der Waals surface area contributed by atoms with Crippen molar-refractivity contribution in [1.82, 2.24) is 10.3 Å². The maximum atomic E-state index is 4.54. The van der Waals surface area contributed by atoms with Gasteiger partial charge in [-0.3, -0.25) is 0 Å². The van der Waals surface area contributed by atoms with Crippen LogP contribution in [0.3, 0.4) is 0 Å².